The Balaban J connectivity index is 1.58. The van der Waals surface area contributed by atoms with Crippen molar-refractivity contribution < 1.29 is 19.1 Å². The molecule has 1 aromatic heterocycles. The van der Waals surface area contributed by atoms with E-state index < -0.39 is 17.7 Å². The number of anilines is 1. The average Bonchev–Trinajstić information content (AvgIpc) is 3.41. The van der Waals surface area contributed by atoms with Gasteiger partial charge in [0.1, 0.15) is 0 Å². The molecule has 1 spiro atoms. The number of hydrogen-bond donors (Lipinski definition) is 1. The standard InChI is InChI=1S/C39H51N3O4/c1-26(2)45-37(44)35(46-38(5,6)7)33-28(4)41-27(3)32(34(33)42-23-22-39(25-42)20-12-9-13-21-39)30-16-18-31(19-17-30)36(43)40-24-29-14-10-8-11-15-29/h8,10-11,14-19,26,35H,9,12-13,20-25H2,1-7H3,(H,40,43)/t35-/m0/s1. The number of rotatable bonds is 9. The van der Waals surface area contributed by atoms with Crippen LogP contribution in [-0.2, 0) is 20.8 Å². The summed E-state index contributed by atoms with van der Waals surface area (Å²) in [6, 6.07) is 17.7. The number of carbonyl (C=O) groups excluding carboxylic acids is 2. The van der Waals surface area contributed by atoms with Gasteiger partial charge in [-0.1, -0.05) is 61.7 Å². The quantitative estimate of drug-likeness (QED) is 0.241. The van der Waals surface area contributed by atoms with E-state index in [1.54, 1.807) is 0 Å². The van der Waals surface area contributed by atoms with Gasteiger partial charge in [0.2, 0.25) is 0 Å². The Bertz CT molecular complexity index is 1520. The molecule has 1 saturated carbocycles. The van der Waals surface area contributed by atoms with E-state index in [-0.39, 0.29) is 17.4 Å². The number of hydrogen-bond acceptors (Lipinski definition) is 6. The number of ether oxygens (including phenoxy) is 2. The molecule has 1 amide bonds. The van der Waals surface area contributed by atoms with Crippen molar-refractivity contribution in [1.82, 2.24) is 10.3 Å². The summed E-state index contributed by atoms with van der Waals surface area (Å²) in [5.41, 5.74) is 6.70. The predicted molar refractivity (Wildman–Crippen MR) is 184 cm³/mol. The summed E-state index contributed by atoms with van der Waals surface area (Å²) >= 11 is 0. The number of carbonyl (C=O) groups is 2. The van der Waals surface area contributed by atoms with E-state index >= 15 is 0 Å². The van der Waals surface area contributed by atoms with Crippen LogP contribution in [-0.4, -0.2) is 41.7 Å². The highest BCUT2D eigenvalue weighted by Gasteiger charge is 2.43. The molecule has 2 heterocycles. The van der Waals surface area contributed by atoms with E-state index in [0.717, 1.165) is 58.8 Å². The van der Waals surface area contributed by atoms with Crippen molar-refractivity contribution in [2.45, 2.75) is 111 Å². The maximum atomic E-state index is 13.8. The van der Waals surface area contributed by atoms with E-state index in [0.29, 0.717) is 12.1 Å². The van der Waals surface area contributed by atoms with Crippen molar-refractivity contribution in [2.75, 3.05) is 18.0 Å². The maximum Gasteiger partial charge on any atom is 0.340 e. The van der Waals surface area contributed by atoms with Gasteiger partial charge in [0.05, 0.1) is 17.4 Å². The van der Waals surface area contributed by atoms with Crippen LogP contribution in [0.5, 0.6) is 0 Å². The van der Waals surface area contributed by atoms with Gasteiger partial charge < -0.3 is 19.7 Å². The predicted octanol–water partition coefficient (Wildman–Crippen LogP) is 8.26. The van der Waals surface area contributed by atoms with E-state index in [9.17, 15) is 9.59 Å². The monoisotopic (exact) mass is 625 g/mol. The summed E-state index contributed by atoms with van der Waals surface area (Å²) in [4.78, 5) is 34.4. The maximum absolute atomic E-state index is 13.8. The third-order valence-electron chi connectivity index (χ3n) is 9.28. The SMILES string of the molecule is Cc1nc(C)c([C@H](OC(C)(C)C)C(=O)OC(C)C)c(N2CCC3(CCCCC3)C2)c1-c1ccc(C(=O)NCc2ccccc2)cc1. The van der Waals surface area contributed by atoms with Crippen molar-refractivity contribution in [1.29, 1.82) is 0 Å². The molecule has 7 nitrogen and oxygen atoms in total. The first-order chi connectivity index (χ1) is 21.9. The second kappa shape index (κ2) is 14.0. The molecule has 1 aliphatic heterocycles. The number of nitrogens with zero attached hydrogens (tertiary/aromatic N) is 2. The van der Waals surface area contributed by atoms with Gasteiger partial charge in [0.15, 0.2) is 6.10 Å². The number of pyridine rings is 1. The van der Waals surface area contributed by atoms with Crippen molar-refractivity contribution in [3.8, 4) is 11.1 Å². The Morgan fingerprint density at radius 2 is 1.61 bits per heavy atom. The van der Waals surface area contributed by atoms with Gasteiger partial charge in [0.25, 0.3) is 5.91 Å². The van der Waals surface area contributed by atoms with Crippen LogP contribution in [0, 0.1) is 19.3 Å². The fraction of sp³-hybridized carbons (Fsp3) is 0.513. The highest BCUT2D eigenvalue weighted by molar-refractivity contribution is 5.95. The van der Waals surface area contributed by atoms with Gasteiger partial charge in [-0.3, -0.25) is 9.78 Å². The minimum atomic E-state index is -0.935. The number of esters is 1. The Kier molecular flexibility index (Phi) is 10.2. The van der Waals surface area contributed by atoms with E-state index in [1.807, 2.05) is 103 Å². The molecule has 1 saturated heterocycles. The van der Waals surface area contributed by atoms with Crippen molar-refractivity contribution in [3.05, 3.63) is 82.7 Å². The van der Waals surface area contributed by atoms with Crippen LogP contribution in [0.15, 0.2) is 54.6 Å². The van der Waals surface area contributed by atoms with Gasteiger partial charge in [-0.25, -0.2) is 4.79 Å². The molecule has 0 bridgehead atoms. The average molecular weight is 626 g/mol. The third kappa shape index (κ3) is 7.80. The molecule has 0 unspecified atom stereocenters. The molecule has 246 valence electrons. The molecule has 46 heavy (non-hydrogen) atoms. The largest absolute Gasteiger partial charge is 0.461 e. The Morgan fingerprint density at radius 1 is 0.935 bits per heavy atom. The topological polar surface area (TPSA) is 80.8 Å². The second-order valence-electron chi connectivity index (χ2n) is 14.5. The van der Waals surface area contributed by atoms with Gasteiger partial charge >= 0.3 is 5.97 Å². The molecular weight excluding hydrogens is 574 g/mol. The third-order valence-corrected chi connectivity index (χ3v) is 9.28. The fourth-order valence-corrected chi connectivity index (χ4v) is 7.21. The second-order valence-corrected chi connectivity index (χ2v) is 14.5. The van der Waals surface area contributed by atoms with Gasteiger partial charge in [-0.2, -0.15) is 0 Å². The van der Waals surface area contributed by atoms with Crippen LogP contribution >= 0.6 is 0 Å². The highest BCUT2D eigenvalue weighted by atomic mass is 16.6. The lowest BCUT2D eigenvalue weighted by Crippen LogP contribution is -2.34. The van der Waals surface area contributed by atoms with E-state index in [2.05, 4.69) is 10.2 Å². The molecule has 1 atom stereocenters. The minimum absolute atomic E-state index is 0.121. The first-order valence-corrected chi connectivity index (χ1v) is 16.9. The first kappa shape index (κ1) is 33.6. The lowest BCUT2D eigenvalue weighted by molar-refractivity contribution is -0.171. The highest BCUT2D eigenvalue weighted by Crippen LogP contribution is 2.49. The molecule has 5 rings (SSSR count). The van der Waals surface area contributed by atoms with Crippen LogP contribution < -0.4 is 10.2 Å². The zero-order valence-corrected chi connectivity index (χ0v) is 28.7. The molecule has 1 N–H and O–H groups in total. The summed E-state index contributed by atoms with van der Waals surface area (Å²) < 4.78 is 12.4. The first-order valence-electron chi connectivity index (χ1n) is 16.9. The molecule has 2 fully saturated rings. The Hall–Kier alpha value is -3.71. The zero-order chi connectivity index (χ0) is 33.1. The Morgan fingerprint density at radius 3 is 2.24 bits per heavy atom. The number of benzene rings is 2. The molecule has 0 radical (unpaired) electrons. The van der Waals surface area contributed by atoms with Crippen LogP contribution in [0.25, 0.3) is 11.1 Å². The van der Waals surface area contributed by atoms with Gasteiger partial charge in [0, 0.05) is 47.7 Å². The molecular formula is C39H51N3O4. The molecule has 1 aliphatic carbocycles. The lowest BCUT2D eigenvalue weighted by atomic mass is 9.73. The van der Waals surface area contributed by atoms with E-state index in [1.165, 1.54) is 32.1 Å². The zero-order valence-electron chi connectivity index (χ0n) is 28.7. The molecule has 3 aromatic rings. The van der Waals surface area contributed by atoms with Crippen molar-refractivity contribution >= 4 is 17.6 Å². The summed E-state index contributed by atoms with van der Waals surface area (Å²) in [7, 11) is 0. The number of aryl methyl sites for hydroxylation is 2. The summed E-state index contributed by atoms with van der Waals surface area (Å²) in [5.74, 6) is -0.521. The minimum Gasteiger partial charge on any atom is -0.461 e. The Labute approximate surface area is 275 Å². The molecule has 2 aliphatic rings. The van der Waals surface area contributed by atoms with Crippen molar-refractivity contribution in [2.24, 2.45) is 5.41 Å². The number of amides is 1. The van der Waals surface area contributed by atoms with Gasteiger partial charge in [-0.15, -0.1) is 0 Å². The summed E-state index contributed by atoms with van der Waals surface area (Å²) in [6.07, 6.45) is 6.24. The molecule has 7 heteroatoms. The molecule has 2 aromatic carbocycles. The summed E-state index contributed by atoms with van der Waals surface area (Å²) in [5, 5.41) is 3.03. The van der Waals surface area contributed by atoms with Crippen molar-refractivity contribution in [3.63, 3.8) is 0 Å². The van der Waals surface area contributed by atoms with Crippen LogP contribution in [0.2, 0.25) is 0 Å². The normalized spacial score (nSPS) is 16.9. The van der Waals surface area contributed by atoms with E-state index in [4.69, 9.17) is 14.5 Å². The number of nitrogens with one attached hydrogen (secondary N) is 1. The van der Waals surface area contributed by atoms with Gasteiger partial charge in [-0.05, 0) is 96.4 Å². The smallest absolute Gasteiger partial charge is 0.340 e. The summed E-state index contributed by atoms with van der Waals surface area (Å²) in [6.45, 7) is 16.0. The lowest BCUT2D eigenvalue weighted by Gasteiger charge is -2.36. The van der Waals surface area contributed by atoms with Crippen LogP contribution in [0.4, 0.5) is 5.69 Å². The number of aromatic nitrogens is 1. The van der Waals surface area contributed by atoms with Crippen LogP contribution in [0.3, 0.4) is 0 Å². The fourth-order valence-electron chi connectivity index (χ4n) is 7.21. The van der Waals surface area contributed by atoms with Crippen LogP contribution in [0.1, 0.15) is 112 Å².